The lowest BCUT2D eigenvalue weighted by atomic mass is 10.1. The molecule has 0 radical (unpaired) electrons. The van der Waals surface area contributed by atoms with E-state index in [2.05, 4.69) is 17.1 Å². The van der Waals surface area contributed by atoms with E-state index in [1.807, 2.05) is 69.3 Å². The zero-order valence-electron chi connectivity index (χ0n) is 12.4. The first-order chi connectivity index (χ1) is 9.69. The normalized spacial score (nSPS) is 14.4. The molecule has 2 nitrogen and oxygen atoms in total. The molecule has 0 spiro atoms. The summed E-state index contributed by atoms with van der Waals surface area (Å²) in [7, 11) is 0. The summed E-state index contributed by atoms with van der Waals surface area (Å²) in [6, 6.07) is 9.76. The molecule has 0 unspecified atom stereocenters. The number of allylic oxidation sites excluding steroid dienone is 7. The second kappa shape index (κ2) is 8.70. The molecule has 0 aliphatic heterocycles. The molecule has 104 valence electrons. The molecule has 0 bridgehead atoms. The highest BCUT2D eigenvalue weighted by Crippen LogP contribution is 2.12. The van der Waals surface area contributed by atoms with Gasteiger partial charge in [0.15, 0.2) is 0 Å². The molecular formula is C18H22N2. The van der Waals surface area contributed by atoms with Crippen LogP contribution in [0.5, 0.6) is 0 Å². The average molecular weight is 266 g/mol. The third-order valence-corrected chi connectivity index (χ3v) is 2.74. The molecule has 0 aliphatic rings. The van der Waals surface area contributed by atoms with Gasteiger partial charge in [-0.2, -0.15) is 0 Å². The Labute approximate surface area is 121 Å². The molecule has 0 heterocycles. The fourth-order valence-corrected chi connectivity index (χ4v) is 1.62. The first-order valence-electron chi connectivity index (χ1n) is 6.70. The smallest absolute Gasteiger partial charge is 0.130 e. The molecular weight excluding hydrogens is 244 g/mol. The number of aliphatic imine (C=N–C) groups is 1. The predicted octanol–water partition coefficient (Wildman–Crippen LogP) is 4.37. The summed E-state index contributed by atoms with van der Waals surface area (Å²) in [5.41, 5.74) is 9.09. The zero-order valence-corrected chi connectivity index (χ0v) is 12.4. The first kappa shape index (κ1) is 15.7. The highest BCUT2D eigenvalue weighted by molar-refractivity contribution is 5.97. The second-order valence-corrected chi connectivity index (χ2v) is 4.34. The Bertz CT molecular complexity index is 558. The van der Waals surface area contributed by atoms with Crippen LogP contribution >= 0.6 is 0 Å². The molecule has 1 rings (SSSR count). The maximum atomic E-state index is 5.97. The van der Waals surface area contributed by atoms with Crippen LogP contribution in [-0.2, 0) is 0 Å². The third-order valence-electron chi connectivity index (χ3n) is 2.74. The quantitative estimate of drug-likeness (QED) is 0.479. The van der Waals surface area contributed by atoms with Gasteiger partial charge in [-0.05, 0) is 31.9 Å². The van der Waals surface area contributed by atoms with Gasteiger partial charge in [0.2, 0.25) is 0 Å². The van der Waals surface area contributed by atoms with Crippen molar-refractivity contribution in [2.45, 2.75) is 20.8 Å². The summed E-state index contributed by atoms with van der Waals surface area (Å²) < 4.78 is 0. The Morgan fingerprint density at radius 2 is 1.80 bits per heavy atom. The maximum absolute atomic E-state index is 5.97. The van der Waals surface area contributed by atoms with Crippen LogP contribution in [0.2, 0.25) is 0 Å². The summed E-state index contributed by atoms with van der Waals surface area (Å²) in [5.74, 6) is 0.524. The monoisotopic (exact) mass is 266 g/mol. The first-order valence-corrected chi connectivity index (χ1v) is 6.70. The minimum Gasteiger partial charge on any atom is -0.383 e. The molecule has 0 aromatic heterocycles. The van der Waals surface area contributed by atoms with Gasteiger partial charge >= 0.3 is 0 Å². The van der Waals surface area contributed by atoms with Crippen molar-refractivity contribution < 1.29 is 0 Å². The van der Waals surface area contributed by atoms with E-state index < -0.39 is 0 Å². The summed E-state index contributed by atoms with van der Waals surface area (Å²) in [6.07, 6.45) is 11.9. The van der Waals surface area contributed by atoms with E-state index in [9.17, 15) is 0 Å². The molecule has 0 atom stereocenters. The maximum Gasteiger partial charge on any atom is 0.130 e. The number of amidine groups is 1. The van der Waals surface area contributed by atoms with Crippen LogP contribution in [0.4, 0.5) is 0 Å². The van der Waals surface area contributed by atoms with Crippen LogP contribution in [0.15, 0.2) is 83.1 Å². The summed E-state index contributed by atoms with van der Waals surface area (Å²) in [4.78, 5) is 4.34. The Hall–Kier alpha value is -2.35. The third kappa shape index (κ3) is 5.11. The van der Waals surface area contributed by atoms with Gasteiger partial charge in [0.25, 0.3) is 0 Å². The standard InChI is InChI=1S/C18H22N2/c1-4-6-11-16(10-5-2)15(3)14-20-18(19)17-12-8-7-9-13-17/h4-14H,1-3H3,(H2,19,20)/b6-4-,10-5-,15-14+,16-11+. The molecule has 0 saturated heterocycles. The van der Waals surface area contributed by atoms with Gasteiger partial charge < -0.3 is 5.73 Å². The van der Waals surface area contributed by atoms with Crippen molar-refractivity contribution in [1.29, 1.82) is 0 Å². The lowest BCUT2D eigenvalue weighted by Crippen LogP contribution is -2.12. The Kier molecular flexibility index (Phi) is 6.83. The van der Waals surface area contributed by atoms with Crippen molar-refractivity contribution in [3.63, 3.8) is 0 Å². The largest absolute Gasteiger partial charge is 0.383 e. The SMILES string of the molecule is C\C=C/C=C(\C=C/C)C(/C)=C/N=C(N)c1ccccc1. The summed E-state index contributed by atoms with van der Waals surface area (Å²) in [5, 5.41) is 0. The van der Waals surface area contributed by atoms with Gasteiger partial charge in [-0.25, -0.2) is 4.99 Å². The van der Waals surface area contributed by atoms with Crippen LogP contribution in [0.1, 0.15) is 26.3 Å². The van der Waals surface area contributed by atoms with Crippen LogP contribution in [0, 0.1) is 0 Å². The van der Waals surface area contributed by atoms with Crippen molar-refractivity contribution in [1.82, 2.24) is 0 Å². The van der Waals surface area contributed by atoms with E-state index in [1.165, 1.54) is 0 Å². The molecule has 0 amide bonds. The van der Waals surface area contributed by atoms with Crippen molar-refractivity contribution in [2.24, 2.45) is 10.7 Å². The zero-order chi connectivity index (χ0) is 14.8. The molecule has 20 heavy (non-hydrogen) atoms. The number of rotatable bonds is 5. The van der Waals surface area contributed by atoms with Crippen molar-refractivity contribution in [3.8, 4) is 0 Å². The topological polar surface area (TPSA) is 38.4 Å². The van der Waals surface area contributed by atoms with Gasteiger partial charge in [-0.1, -0.05) is 60.7 Å². The highest BCUT2D eigenvalue weighted by atomic mass is 14.8. The van der Waals surface area contributed by atoms with Crippen LogP contribution < -0.4 is 5.73 Å². The molecule has 0 aliphatic carbocycles. The fourth-order valence-electron chi connectivity index (χ4n) is 1.62. The van der Waals surface area contributed by atoms with E-state index in [1.54, 1.807) is 6.20 Å². The molecule has 2 heteroatoms. The fraction of sp³-hybridized carbons (Fsp3) is 0.167. The van der Waals surface area contributed by atoms with Crippen LogP contribution in [0.3, 0.4) is 0 Å². The van der Waals surface area contributed by atoms with Crippen molar-refractivity contribution in [2.75, 3.05) is 0 Å². The Morgan fingerprint density at radius 3 is 2.40 bits per heavy atom. The lowest BCUT2D eigenvalue weighted by molar-refractivity contribution is 1.34. The minimum atomic E-state index is 0.524. The van der Waals surface area contributed by atoms with E-state index >= 15 is 0 Å². The summed E-state index contributed by atoms with van der Waals surface area (Å²) >= 11 is 0. The molecule has 0 saturated carbocycles. The van der Waals surface area contributed by atoms with Gasteiger partial charge in [-0.3, -0.25) is 0 Å². The van der Waals surface area contributed by atoms with E-state index in [4.69, 9.17) is 5.73 Å². The number of nitrogens with zero attached hydrogens (tertiary/aromatic N) is 1. The van der Waals surface area contributed by atoms with Crippen LogP contribution in [0.25, 0.3) is 0 Å². The van der Waals surface area contributed by atoms with Crippen molar-refractivity contribution >= 4 is 5.84 Å². The predicted molar refractivity (Wildman–Crippen MR) is 88.6 cm³/mol. The Morgan fingerprint density at radius 1 is 1.10 bits per heavy atom. The molecule has 2 N–H and O–H groups in total. The van der Waals surface area contributed by atoms with E-state index in [0.717, 1.165) is 16.7 Å². The van der Waals surface area contributed by atoms with Gasteiger partial charge in [-0.15, -0.1) is 0 Å². The van der Waals surface area contributed by atoms with Gasteiger partial charge in [0.05, 0.1) is 0 Å². The molecule has 0 fully saturated rings. The average Bonchev–Trinajstić information content (AvgIpc) is 2.49. The highest BCUT2D eigenvalue weighted by Gasteiger charge is 1.97. The lowest BCUT2D eigenvalue weighted by Gasteiger charge is -2.02. The van der Waals surface area contributed by atoms with E-state index in [0.29, 0.717) is 5.84 Å². The molecule has 1 aromatic rings. The van der Waals surface area contributed by atoms with Gasteiger partial charge in [0.1, 0.15) is 5.84 Å². The number of nitrogens with two attached hydrogens (primary N) is 1. The summed E-state index contributed by atoms with van der Waals surface area (Å²) in [6.45, 7) is 6.02. The number of hydrogen-bond donors (Lipinski definition) is 1. The minimum absolute atomic E-state index is 0.524. The Balaban J connectivity index is 2.97. The van der Waals surface area contributed by atoms with Crippen molar-refractivity contribution in [3.05, 3.63) is 83.6 Å². The number of hydrogen-bond acceptors (Lipinski definition) is 1. The van der Waals surface area contributed by atoms with Gasteiger partial charge in [0, 0.05) is 11.8 Å². The van der Waals surface area contributed by atoms with Crippen LogP contribution in [-0.4, -0.2) is 5.84 Å². The number of benzene rings is 1. The second-order valence-electron chi connectivity index (χ2n) is 4.34. The molecule has 1 aromatic carbocycles. The van der Waals surface area contributed by atoms with E-state index in [-0.39, 0.29) is 0 Å².